The van der Waals surface area contributed by atoms with E-state index in [2.05, 4.69) is 26.1 Å². The monoisotopic (exact) mass is 648 g/mol. The highest BCUT2D eigenvalue weighted by Gasteiger charge is 2.63. The molecule has 3 N–H and O–H groups in total. The van der Waals surface area contributed by atoms with E-state index in [-0.39, 0.29) is 53.8 Å². The van der Waals surface area contributed by atoms with E-state index in [1.54, 1.807) is 24.3 Å². The van der Waals surface area contributed by atoms with Gasteiger partial charge in [-0.2, -0.15) is 0 Å². The standard InChI is InChI=1S/C38H49ClN2O5/c1-21(28-11-12-29-24-9-8-22-19-23(42)15-16-37(22,2)30(24)20-32(43)38(28,29)3)7-14-33(44)40-17-18-41-35(45)26-6-4-5-25-31(39)13-10-27(34(25)26)36(41)46/h4-6,10,13,21-24,28-30,32,42-43H,7-9,11-12,14-20H2,1-3H3,(H,40,44). The minimum Gasteiger partial charge on any atom is -0.393 e. The number of nitrogens with one attached hydrogen (secondary N) is 1. The van der Waals surface area contributed by atoms with Gasteiger partial charge in [0.15, 0.2) is 0 Å². The van der Waals surface area contributed by atoms with Crippen molar-refractivity contribution in [3.05, 3.63) is 46.5 Å². The van der Waals surface area contributed by atoms with Gasteiger partial charge in [-0.15, -0.1) is 0 Å². The van der Waals surface area contributed by atoms with E-state index in [1.165, 1.54) is 17.7 Å². The zero-order chi connectivity index (χ0) is 32.5. The fourth-order valence-corrected chi connectivity index (χ4v) is 11.6. The molecule has 0 saturated heterocycles. The third-order valence-corrected chi connectivity index (χ3v) is 14.3. The maximum absolute atomic E-state index is 13.2. The highest BCUT2D eigenvalue weighted by molar-refractivity contribution is 6.38. The van der Waals surface area contributed by atoms with Crippen molar-refractivity contribution in [1.29, 1.82) is 0 Å². The summed E-state index contributed by atoms with van der Waals surface area (Å²) >= 11 is 6.33. The van der Waals surface area contributed by atoms with Crippen LogP contribution in [0.4, 0.5) is 0 Å². The molecule has 3 amide bonds. The first-order valence-electron chi connectivity index (χ1n) is 17.6. The number of aliphatic hydroxyl groups is 2. The molecule has 0 bridgehead atoms. The van der Waals surface area contributed by atoms with E-state index in [9.17, 15) is 24.6 Å². The predicted octanol–water partition coefficient (Wildman–Crippen LogP) is 6.61. The van der Waals surface area contributed by atoms with Crippen LogP contribution in [0, 0.1) is 46.3 Å². The predicted molar refractivity (Wildman–Crippen MR) is 178 cm³/mol. The molecule has 2 aromatic rings. The topological polar surface area (TPSA) is 107 Å². The van der Waals surface area contributed by atoms with Crippen LogP contribution in [0.25, 0.3) is 10.8 Å². The van der Waals surface area contributed by atoms with Crippen LogP contribution in [0.5, 0.6) is 0 Å². The van der Waals surface area contributed by atoms with Crippen molar-refractivity contribution >= 4 is 40.1 Å². The summed E-state index contributed by atoms with van der Waals surface area (Å²) in [5.41, 5.74) is 0.996. The van der Waals surface area contributed by atoms with E-state index in [0.717, 1.165) is 44.9 Å². The number of fused-ring (bicyclic) bond motifs is 5. The molecule has 1 aliphatic heterocycles. The number of carbonyl (C=O) groups is 3. The smallest absolute Gasteiger partial charge is 0.261 e. The van der Waals surface area contributed by atoms with Crippen molar-refractivity contribution in [3.63, 3.8) is 0 Å². The number of nitrogens with zero attached hydrogens (tertiary/aromatic N) is 1. The first kappa shape index (κ1) is 32.1. The number of aliphatic hydroxyl groups excluding tert-OH is 2. The Balaban J connectivity index is 0.942. The quantitative estimate of drug-likeness (QED) is 0.293. The summed E-state index contributed by atoms with van der Waals surface area (Å²) < 4.78 is 0. The lowest BCUT2D eigenvalue weighted by Crippen LogP contribution is -2.58. The first-order chi connectivity index (χ1) is 21.9. The van der Waals surface area contributed by atoms with Crippen molar-refractivity contribution in [2.75, 3.05) is 13.1 Å². The third kappa shape index (κ3) is 4.94. The van der Waals surface area contributed by atoms with E-state index < -0.39 is 0 Å². The highest BCUT2D eigenvalue weighted by Crippen LogP contribution is 2.68. The fraction of sp³-hybridized carbons (Fsp3) is 0.658. The molecule has 2 aromatic carbocycles. The number of hydrogen-bond donors (Lipinski definition) is 3. The molecule has 248 valence electrons. The third-order valence-electron chi connectivity index (χ3n) is 13.9. The highest BCUT2D eigenvalue weighted by atomic mass is 35.5. The molecule has 46 heavy (non-hydrogen) atoms. The number of benzene rings is 2. The van der Waals surface area contributed by atoms with Gasteiger partial charge in [0.05, 0.1) is 12.2 Å². The van der Waals surface area contributed by atoms with Crippen molar-refractivity contribution < 1.29 is 24.6 Å². The lowest BCUT2D eigenvalue weighted by Gasteiger charge is -2.62. The second-order valence-electron chi connectivity index (χ2n) is 15.8. The molecule has 4 aliphatic carbocycles. The van der Waals surface area contributed by atoms with Crippen LogP contribution in [0.3, 0.4) is 0 Å². The van der Waals surface area contributed by atoms with Crippen molar-refractivity contribution in [2.45, 2.75) is 97.2 Å². The van der Waals surface area contributed by atoms with Gasteiger partial charge in [-0.3, -0.25) is 19.3 Å². The summed E-state index contributed by atoms with van der Waals surface area (Å²) in [6.45, 7) is 7.35. The lowest BCUT2D eigenvalue weighted by molar-refractivity contribution is -0.174. The molecule has 0 aromatic heterocycles. The van der Waals surface area contributed by atoms with E-state index in [4.69, 9.17) is 11.6 Å². The normalized spacial score (nSPS) is 37.4. The maximum atomic E-state index is 13.2. The maximum Gasteiger partial charge on any atom is 0.261 e. The molecule has 1 heterocycles. The number of rotatable bonds is 7. The number of amides is 3. The molecule has 0 spiro atoms. The Bertz CT molecular complexity index is 1540. The fourth-order valence-electron chi connectivity index (χ4n) is 11.4. The minimum atomic E-state index is -0.367. The van der Waals surface area contributed by atoms with Gasteiger partial charge >= 0.3 is 0 Å². The molecular weight excluding hydrogens is 600 g/mol. The zero-order valence-electron chi connectivity index (χ0n) is 27.4. The van der Waals surface area contributed by atoms with E-state index in [1.807, 2.05) is 6.07 Å². The second kappa shape index (κ2) is 11.9. The van der Waals surface area contributed by atoms with Gasteiger partial charge in [0.25, 0.3) is 11.8 Å². The summed E-state index contributed by atoms with van der Waals surface area (Å²) in [6, 6.07) is 8.65. The van der Waals surface area contributed by atoms with Gasteiger partial charge in [0.2, 0.25) is 5.91 Å². The number of halogens is 1. The molecule has 7 rings (SSSR count). The molecule has 8 heteroatoms. The van der Waals surface area contributed by atoms with Crippen molar-refractivity contribution in [2.24, 2.45) is 46.3 Å². The Morgan fingerprint density at radius 3 is 2.54 bits per heavy atom. The van der Waals surface area contributed by atoms with Gasteiger partial charge < -0.3 is 15.5 Å². The Hall–Kier alpha value is -2.48. The number of imide groups is 1. The summed E-state index contributed by atoms with van der Waals surface area (Å²) in [5, 5.41) is 26.9. The molecule has 4 fully saturated rings. The number of hydrogen-bond acceptors (Lipinski definition) is 5. The van der Waals surface area contributed by atoms with Gasteiger partial charge in [-0.05, 0) is 122 Å². The zero-order valence-corrected chi connectivity index (χ0v) is 28.2. The van der Waals surface area contributed by atoms with Crippen LogP contribution in [0.15, 0.2) is 30.3 Å². The summed E-state index contributed by atoms with van der Waals surface area (Å²) in [5.74, 6) is 2.12. The van der Waals surface area contributed by atoms with Crippen LogP contribution in [0.2, 0.25) is 5.02 Å². The lowest BCUT2D eigenvalue weighted by atomic mass is 9.43. The molecule has 4 saturated carbocycles. The number of carbonyl (C=O) groups excluding carboxylic acids is 3. The Morgan fingerprint density at radius 2 is 1.76 bits per heavy atom. The molecule has 7 nitrogen and oxygen atoms in total. The van der Waals surface area contributed by atoms with Gasteiger partial charge in [-0.1, -0.05) is 44.5 Å². The molecule has 10 unspecified atom stereocenters. The van der Waals surface area contributed by atoms with Crippen LogP contribution >= 0.6 is 11.6 Å². The van der Waals surface area contributed by atoms with Crippen LogP contribution in [0.1, 0.15) is 106 Å². The van der Waals surface area contributed by atoms with Crippen LogP contribution in [-0.2, 0) is 4.79 Å². The average Bonchev–Trinajstić information content (AvgIpc) is 3.40. The summed E-state index contributed by atoms with van der Waals surface area (Å²) in [6.07, 6.45) is 9.04. The first-order valence-corrected chi connectivity index (χ1v) is 18.0. The van der Waals surface area contributed by atoms with Crippen molar-refractivity contribution in [1.82, 2.24) is 10.2 Å². The van der Waals surface area contributed by atoms with Gasteiger partial charge in [0.1, 0.15) is 0 Å². The van der Waals surface area contributed by atoms with E-state index >= 15 is 0 Å². The summed E-state index contributed by atoms with van der Waals surface area (Å²) in [4.78, 5) is 40.7. The molecular formula is C38H49ClN2O5. The molecule has 0 radical (unpaired) electrons. The Kier molecular flexibility index (Phi) is 8.29. The SMILES string of the molecule is CC(CCC(=O)NCCN1C(=O)c2cccc3c(Cl)ccc(c23)C1=O)C1CCC2C3CCC4CC(O)CCC4(C)C3CC(O)C12C. The van der Waals surface area contributed by atoms with Gasteiger partial charge in [0, 0.05) is 46.4 Å². The van der Waals surface area contributed by atoms with Crippen LogP contribution < -0.4 is 5.32 Å². The van der Waals surface area contributed by atoms with Crippen molar-refractivity contribution in [3.8, 4) is 0 Å². The summed E-state index contributed by atoms with van der Waals surface area (Å²) in [7, 11) is 0. The minimum absolute atomic E-state index is 0.0762. The largest absolute Gasteiger partial charge is 0.393 e. The molecule has 10 atom stereocenters. The average molecular weight is 649 g/mol. The van der Waals surface area contributed by atoms with Crippen LogP contribution in [-0.4, -0.2) is 58.1 Å². The second-order valence-corrected chi connectivity index (χ2v) is 16.2. The molecule has 5 aliphatic rings. The van der Waals surface area contributed by atoms with Gasteiger partial charge in [-0.25, -0.2) is 0 Å². The van der Waals surface area contributed by atoms with E-state index in [0.29, 0.717) is 68.9 Å². The Morgan fingerprint density at radius 1 is 1.00 bits per heavy atom. The Labute approximate surface area is 277 Å².